The zero-order chi connectivity index (χ0) is 20.7. The first-order valence-electron chi connectivity index (χ1n) is 9.62. The van der Waals surface area contributed by atoms with Crippen molar-refractivity contribution in [3.05, 3.63) is 17.7 Å². The number of hydrogen-bond acceptors (Lipinski definition) is 6. The van der Waals surface area contributed by atoms with E-state index in [9.17, 15) is 13.2 Å². The van der Waals surface area contributed by atoms with Gasteiger partial charge in [0.05, 0.1) is 26.1 Å². The van der Waals surface area contributed by atoms with Crippen molar-refractivity contribution in [3.8, 4) is 17.2 Å². The molecule has 0 atom stereocenters. The van der Waals surface area contributed by atoms with Gasteiger partial charge in [0, 0.05) is 24.7 Å². The predicted molar refractivity (Wildman–Crippen MR) is 107 cm³/mol. The Morgan fingerprint density at radius 1 is 1.04 bits per heavy atom. The Balaban J connectivity index is 2.16. The Bertz CT molecular complexity index is 746. The van der Waals surface area contributed by atoms with E-state index in [0.717, 1.165) is 0 Å². The molecule has 1 fully saturated rings. The summed E-state index contributed by atoms with van der Waals surface area (Å²) in [5, 5.41) is 2.98. The first-order chi connectivity index (χ1) is 13.3. The number of piperidine rings is 1. The topological polar surface area (TPSA) is 94.2 Å². The molecule has 1 amide bonds. The molecule has 0 aliphatic carbocycles. The van der Waals surface area contributed by atoms with Crippen molar-refractivity contribution < 1.29 is 27.4 Å². The fourth-order valence-corrected chi connectivity index (χ4v) is 3.99. The van der Waals surface area contributed by atoms with Gasteiger partial charge in [-0.15, -0.1) is 0 Å². The molecule has 0 unspecified atom stereocenters. The van der Waals surface area contributed by atoms with Crippen LogP contribution in [0.2, 0.25) is 0 Å². The van der Waals surface area contributed by atoms with Gasteiger partial charge in [0.25, 0.3) is 5.91 Å². The van der Waals surface area contributed by atoms with Crippen LogP contribution in [-0.4, -0.2) is 63.8 Å². The second-order valence-electron chi connectivity index (χ2n) is 6.51. The van der Waals surface area contributed by atoms with Crippen LogP contribution >= 0.6 is 0 Å². The Kier molecular flexibility index (Phi) is 7.94. The molecule has 0 saturated carbocycles. The lowest BCUT2D eigenvalue weighted by Gasteiger charge is -2.30. The van der Waals surface area contributed by atoms with Crippen LogP contribution in [0.1, 0.15) is 44.0 Å². The van der Waals surface area contributed by atoms with Gasteiger partial charge < -0.3 is 19.5 Å². The third-order valence-corrected chi connectivity index (χ3v) is 5.73. The maximum absolute atomic E-state index is 12.8. The Morgan fingerprint density at radius 3 is 1.96 bits per heavy atom. The number of nitrogens with one attached hydrogen (secondary N) is 1. The lowest BCUT2D eigenvalue weighted by Crippen LogP contribution is -2.46. The summed E-state index contributed by atoms with van der Waals surface area (Å²) in [5.74, 6) is 1.17. The number of ether oxygens (including phenoxy) is 3. The standard InChI is InChI=1S/C19H30N2O6S/c1-5-25-16-12-14(13-17(26-6-2)18(16)27-7-3)19(22)20-15-8-10-21(11-9-15)28(4,23)24/h12-13,15H,5-11H2,1-4H3,(H,20,22). The van der Waals surface area contributed by atoms with Crippen molar-refractivity contribution in [2.45, 2.75) is 39.7 Å². The monoisotopic (exact) mass is 414 g/mol. The van der Waals surface area contributed by atoms with E-state index >= 15 is 0 Å². The number of rotatable bonds is 9. The summed E-state index contributed by atoms with van der Waals surface area (Å²) in [6.45, 7) is 7.71. The van der Waals surface area contributed by atoms with Crippen LogP contribution in [-0.2, 0) is 10.0 Å². The van der Waals surface area contributed by atoms with Gasteiger partial charge in [-0.1, -0.05) is 0 Å². The molecule has 8 nitrogen and oxygen atoms in total. The lowest BCUT2D eigenvalue weighted by molar-refractivity contribution is 0.0922. The fourth-order valence-electron chi connectivity index (χ4n) is 3.12. The zero-order valence-electron chi connectivity index (χ0n) is 17.0. The molecule has 158 valence electrons. The van der Waals surface area contributed by atoms with Crippen LogP contribution < -0.4 is 19.5 Å². The van der Waals surface area contributed by atoms with Crippen LogP contribution in [0.3, 0.4) is 0 Å². The van der Waals surface area contributed by atoms with Crippen molar-refractivity contribution in [2.75, 3.05) is 39.2 Å². The molecule has 0 spiro atoms. The molecule has 0 radical (unpaired) electrons. The van der Waals surface area contributed by atoms with Gasteiger partial charge >= 0.3 is 0 Å². The van der Waals surface area contributed by atoms with E-state index in [0.29, 0.717) is 68.6 Å². The van der Waals surface area contributed by atoms with Crippen LogP contribution in [0.5, 0.6) is 17.2 Å². The van der Waals surface area contributed by atoms with Gasteiger partial charge in [0.1, 0.15) is 0 Å². The number of benzene rings is 1. The van der Waals surface area contributed by atoms with Crippen LogP contribution in [0, 0.1) is 0 Å². The average Bonchev–Trinajstić information content (AvgIpc) is 2.64. The molecule has 9 heteroatoms. The van der Waals surface area contributed by atoms with Gasteiger partial charge in [-0.2, -0.15) is 0 Å². The van der Waals surface area contributed by atoms with E-state index in [1.165, 1.54) is 10.6 Å². The van der Waals surface area contributed by atoms with E-state index in [4.69, 9.17) is 14.2 Å². The molecule has 2 rings (SSSR count). The molecule has 1 aliphatic rings. The third-order valence-electron chi connectivity index (χ3n) is 4.43. The highest BCUT2D eigenvalue weighted by Crippen LogP contribution is 2.39. The van der Waals surface area contributed by atoms with Gasteiger partial charge in [0.15, 0.2) is 11.5 Å². The summed E-state index contributed by atoms with van der Waals surface area (Å²) in [6.07, 6.45) is 2.36. The molecular weight excluding hydrogens is 384 g/mol. The molecular formula is C19H30N2O6S. The van der Waals surface area contributed by atoms with E-state index < -0.39 is 10.0 Å². The van der Waals surface area contributed by atoms with Crippen molar-refractivity contribution in [1.29, 1.82) is 0 Å². The van der Waals surface area contributed by atoms with Crippen molar-refractivity contribution in [2.24, 2.45) is 0 Å². The van der Waals surface area contributed by atoms with E-state index in [2.05, 4.69) is 5.32 Å². The number of hydrogen-bond donors (Lipinski definition) is 1. The third kappa shape index (κ3) is 5.75. The largest absolute Gasteiger partial charge is 0.490 e. The van der Waals surface area contributed by atoms with Crippen LogP contribution in [0.25, 0.3) is 0 Å². The van der Waals surface area contributed by atoms with Gasteiger partial charge in [-0.05, 0) is 45.7 Å². The van der Waals surface area contributed by atoms with Crippen molar-refractivity contribution in [3.63, 3.8) is 0 Å². The van der Waals surface area contributed by atoms with Gasteiger partial charge in [-0.3, -0.25) is 4.79 Å². The Hall–Kier alpha value is -2.00. The fraction of sp³-hybridized carbons (Fsp3) is 0.632. The molecule has 1 N–H and O–H groups in total. The number of amides is 1. The number of sulfonamides is 1. The second-order valence-corrected chi connectivity index (χ2v) is 8.49. The molecule has 0 aromatic heterocycles. The summed E-state index contributed by atoms with van der Waals surface area (Å²) in [4.78, 5) is 12.8. The summed E-state index contributed by atoms with van der Waals surface area (Å²) >= 11 is 0. The highest BCUT2D eigenvalue weighted by Gasteiger charge is 2.26. The minimum Gasteiger partial charge on any atom is -0.490 e. The van der Waals surface area contributed by atoms with E-state index in [1.807, 2.05) is 20.8 Å². The number of carbonyl (C=O) groups is 1. The van der Waals surface area contributed by atoms with Crippen molar-refractivity contribution >= 4 is 15.9 Å². The smallest absolute Gasteiger partial charge is 0.251 e. The first kappa shape index (κ1) is 22.3. The maximum Gasteiger partial charge on any atom is 0.251 e. The summed E-state index contributed by atoms with van der Waals surface area (Å²) in [7, 11) is -3.19. The predicted octanol–water partition coefficient (Wildman–Crippen LogP) is 2.04. The minimum absolute atomic E-state index is 0.0804. The first-order valence-corrected chi connectivity index (χ1v) is 11.5. The SMILES string of the molecule is CCOc1cc(C(=O)NC2CCN(S(C)(=O)=O)CC2)cc(OCC)c1OCC. The summed E-state index contributed by atoms with van der Waals surface area (Å²) < 4.78 is 41.6. The molecule has 1 heterocycles. The highest BCUT2D eigenvalue weighted by atomic mass is 32.2. The van der Waals surface area contributed by atoms with E-state index in [1.54, 1.807) is 12.1 Å². The highest BCUT2D eigenvalue weighted by molar-refractivity contribution is 7.88. The van der Waals surface area contributed by atoms with E-state index in [-0.39, 0.29) is 11.9 Å². The minimum atomic E-state index is -3.19. The number of nitrogens with zero attached hydrogens (tertiary/aromatic N) is 1. The maximum atomic E-state index is 12.8. The van der Waals surface area contributed by atoms with Crippen molar-refractivity contribution in [1.82, 2.24) is 9.62 Å². The molecule has 1 aliphatic heterocycles. The second kappa shape index (κ2) is 9.97. The van der Waals surface area contributed by atoms with Gasteiger partial charge in [-0.25, -0.2) is 12.7 Å². The molecule has 1 saturated heterocycles. The summed E-state index contributed by atoms with van der Waals surface area (Å²) in [5.41, 5.74) is 0.417. The Morgan fingerprint density at radius 2 is 1.54 bits per heavy atom. The average molecular weight is 415 g/mol. The van der Waals surface area contributed by atoms with Crippen LogP contribution in [0.15, 0.2) is 12.1 Å². The Labute approximate surface area is 167 Å². The normalized spacial score (nSPS) is 15.9. The molecule has 1 aromatic carbocycles. The number of carbonyl (C=O) groups excluding carboxylic acids is 1. The molecule has 0 bridgehead atoms. The van der Waals surface area contributed by atoms with Crippen LogP contribution in [0.4, 0.5) is 0 Å². The summed E-state index contributed by atoms with van der Waals surface area (Å²) in [6, 6.07) is 3.22. The quantitative estimate of drug-likeness (QED) is 0.665. The zero-order valence-corrected chi connectivity index (χ0v) is 17.8. The molecule has 28 heavy (non-hydrogen) atoms. The lowest BCUT2D eigenvalue weighted by atomic mass is 10.1. The molecule has 1 aromatic rings. The van der Waals surface area contributed by atoms with Gasteiger partial charge in [0.2, 0.25) is 15.8 Å².